The highest BCUT2D eigenvalue weighted by Crippen LogP contribution is 2.22. The normalized spacial score (nSPS) is 23.0. The van der Waals surface area contributed by atoms with E-state index in [1.165, 1.54) is 10.6 Å². The van der Waals surface area contributed by atoms with Gasteiger partial charge in [-0.25, -0.2) is 8.42 Å². The maximum Gasteiger partial charge on any atom is 0.211 e. The Labute approximate surface area is 106 Å². The fourth-order valence-electron chi connectivity index (χ4n) is 1.87. The Kier molecular flexibility index (Phi) is 3.33. The highest BCUT2D eigenvalue weighted by molar-refractivity contribution is 7.88. The molecule has 0 spiro atoms. The van der Waals surface area contributed by atoms with Crippen LogP contribution in [-0.4, -0.2) is 53.9 Å². The highest BCUT2D eigenvalue weighted by atomic mass is 35.5. The average Bonchev–Trinajstić information content (AvgIpc) is 2.63. The summed E-state index contributed by atoms with van der Waals surface area (Å²) in [6, 6.07) is 0. The Morgan fingerprint density at radius 1 is 1.47 bits per heavy atom. The fraction of sp³-hybridized carbons (Fsp3) is 0.667. The SMILES string of the molecule is Cn1cc(N2CCN(S(C)(=O)=O)CC2Cl)cn1. The molecule has 0 saturated carbocycles. The smallest absolute Gasteiger partial charge is 0.211 e. The zero-order valence-electron chi connectivity index (χ0n) is 9.74. The zero-order chi connectivity index (χ0) is 12.6. The minimum absolute atomic E-state index is 0.301. The summed E-state index contributed by atoms with van der Waals surface area (Å²) < 4.78 is 25.9. The molecule has 1 aromatic rings. The van der Waals surface area contributed by atoms with Gasteiger partial charge in [0.05, 0.1) is 18.1 Å². The number of rotatable bonds is 2. The molecule has 0 aliphatic carbocycles. The van der Waals surface area contributed by atoms with Crippen LogP contribution >= 0.6 is 11.6 Å². The molecule has 1 saturated heterocycles. The van der Waals surface area contributed by atoms with Gasteiger partial charge in [-0.15, -0.1) is 0 Å². The number of piperazine rings is 1. The minimum Gasteiger partial charge on any atom is -0.350 e. The molecule has 0 amide bonds. The van der Waals surface area contributed by atoms with Crippen molar-refractivity contribution in [3.63, 3.8) is 0 Å². The Bertz CT molecular complexity index is 501. The van der Waals surface area contributed by atoms with Gasteiger partial charge in [-0.05, 0) is 0 Å². The lowest BCUT2D eigenvalue weighted by Crippen LogP contribution is -2.52. The zero-order valence-corrected chi connectivity index (χ0v) is 11.3. The van der Waals surface area contributed by atoms with E-state index in [0.717, 1.165) is 5.69 Å². The Morgan fingerprint density at radius 3 is 2.65 bits per heavy atom. The molecule has 0 radical (unpaired) electrons. The molecule has 0 bridgehead atoms. The van der Waals surface area contributed by atoms with Crippen LogP contribution < -0.4 is 4.90 Å². The quantitative estimate of drug-likeness (QED) is 0.567. The van der Waals surface area contributed by atoms with E-state index in [0.29, 0.717) is 19.6 Å². The highest BCUT2D eigenvalue weighted by Gasteiger charge is 2.30. The van der Waals surface area contributed by atoms with E-state index in [1.54, 1.807) is 10.9 Å². The van der Waals surface area contributed by atoms with Crippen molar-refractivity contribution < 1.29 is 8.42 Å². The summed E-state index contributed by atoms with van der Waals surface area (Å²) in [6.07, 6.45) is 4.80. The van der Waals surface area contributed by atoms with Gasteiger partial charge in [-0.1, -0.05) is 11.6 Å². The summed E-state index contributed by atoms with van der Waals surface area (Å²) in [5.74, 6) is 0. The van der Waals surface area contributed by atoms with Gasteiger partial charge in [-0.2, -0.15) is 9.40 Å². The Morgan fingerprint density at radius 2 is 2.18 bits per heavy atom. The van der Waals surface area contributed by atoms with Crippen LogP contribution in [-0.2, 0) is 17.1 Å². The van der Waals surface area contributed by atoms with Crippen LogP contribution in [0.2, 0.25) is 0 Å². The lowest BCUT2D eigenvalue weighted by Gasteiger charge is -2.37. The number of alkyl halides is 1. The maximum absolute atomic E-state index is 11.4. The first-order valence-corrected chi connectivity index (χ1v) is 7.51. The molecular weight excluding hydrogens is 264 g/mol. The van der Waals surface area contributed by atoms with E-state index < -0.39 is 10.0 Å². The Hall–Kier alpha value is -0.790. The first-order valence-electron chi connectivity index (χ1n) is 5.22. The van der Waals surface area contributed by atoms with Crippen molar-refractivity contribution in [2.45, 2.75) is 5.50 Å². The summed E-state index contributed by atoms with van der Waals surface area (Å²) in [5.41, 5.74) is 0.559. The number of sulfonamides is 1. The van der Waals surface area contributed by atoms with Crippen molar-refractivity contribution in [3.05, 3.63) is 12.4 Å². The van der Waals surface area contributed by atoms with E-state index in [2.05, 4.69) is 5.10 Å². The summed E-state index contributed by atoms with van der Waals surface area (Å²) in [7, 11) is -1.32. The van der Waals surface area contributed by atoms with Crippen LogP contribution in [0.4, 0.5) is 5.69 Å². The molecule has 0 N–H and O–H groups in total. The van der Waals surface area contributed by atoms with E-state index in [9.17, 15) is 8.42 Å². The lowest BCUT2D eigenvalue weighted by molar-refractivity contribution is 0.373. The fourth-order valence-corrected chi connectivity index (χ4v) is 3.15. The molecule has 1 aromatic heterocycles. The molecule has 8 heteroatoms. The largest absolute Gasteiger partial charge is 0.350 e. The van der Waals surface area contributed by atoms with E-state index in [1.807, 2.05) is 18.1 Å². The third-order valence-corrected chi connectivity index (χ3v) is 4.42. The topological polar surface area (TPSA) is 58.4 Å². The predicted octanol–water partition coefficient (Wildman–Crippen LogP) is 0.0666. The Balaban J connectivity index is 2.11. The van der Waals surface area contributed by atoms with E-state index in [4.69, 9.17) is 11.6 Å². The van der Waals surface area contributed by atoms with Gasteiger partial charge in [0.2, 0.25) is 10.0 Å². The molecule has 1 unspecified atom stereocenters. The van der Waals surface area contributed by atoms with Crippen molar-refractivity contribution >= 4 is 27.3 Å². The molecule has 17 heavy (non-hydrogen) atoms. The standard InChI is InChI=1S/C9H15ClN4O2S/c1-12-6-8(5-11-12)14-4-3-13(7-9(14)10)17(2,15)16/h5-6,9H,3-4,7H2,1-2H3. The third kappa shape index (κ3) is 2.72. The van der Waals surface area contributed by atoms with Crippen molar-refractivity contribution in [1.82, 2.24) is 14.1 Å². The average molecular weight is 279 g/mol. The summed E-state index contributed by atoms with van der Waals surface area (Å²) in [5, 5.41) is 4.08. The molecule has 2 heterocycles. The number of nitrogens with zero attached hydrogens (tertiary/aromatic N) is 4. The summed E-state index contributed by atoms with van der Waals surface area (Å²) in [4.78, 5) is 1.95. The molecule has 1 atom stereocenters. The number of hydrogen-bond donors (Lipinski definition) is 0. The van der Waals surface area contributed by atoms with Crippen molar-refractivity contribution in [3.8, 4) is 0 Å². The maximum atomic E-state index is 11.4. The molecule has 1 aliphatic heterocycles. The predicted molar refractivity (Wildman–Crippen MR) is 66.6 cm³/mol. The van der Waals surface area contributed by atoms with Crippen LogP contribution in [0.5, 0.6) is 0 Å². The second-order valence-electron chi connectivity index (χ2n) is 4.12. The number of anilines is 1. The van der Waals surface area contributed by atoms with E-state index >= 15 is 0 Å². The molecular formula is C9H15ClN4O2S. The van der Waals surface area contributed by atoms with Gasteiger partial charge in [0.25, 0.3) is 0 Å². The molecule has 0 aromatic carbocycles. The molecule has 6 nitrogen and oxygen atoms in total. The summed E-state index contributed by atoms with van der Waals surface area (Å²) >= 11 is 6.21. The van der Waals surface area contributed by atoms with Gasteiger partial charge in [0.1, 0.15) is 5.50 Å². The van der Waals surface area contributed by atoms with Crippen LogP contribution in [0.3, 0.4) is 0 Å². The molecule has 1 aliphatic rings. The van der Waals surface area contributed by atoms with E-state index in [-0.39, 0.29) is 5.50 Å². The van der Waals surface area contributed by atoms with Crippen molar-refractivity contribution in [2.75, 3.05) is 30.8 Å². The number of aromatic nitrogens is 2. The number of hydrogen-bond acceptors (Lipinski definition) is 4. The van der Waals surface area contributed by atoms with Crippen molar-refractivity contribution in [2.24, 2.45) is 7.05 Å². The van der Waals surface area contributed by atoms with Gasteiger partial charge < -0.3 is 4.90 Å². The second-order valence-corrected chi connectivity index (χ2v) is 6.61. The van der Waals surface area contributed by atoms with Gasteiger partial charge in [0.15, 0.2) is 0 Å². The molecule has 96 valence electrons. The van der Waals surface area contributed by atoms with Crippen LogP contribution in [0, 0.1) is 0 Å². The van der Waals surface area contributed by atoms with Gasteiger partial charge in [-0.3, -0.25) is 4.68 Å². The number of halogens is 1. The first-order chi connectivity index (χ1) is 7.88. The number of aryl methyl sites for hydroxylation is 1. The molecule has 2 rings (SSSR count). The first kappa shape index (κ1) is 12.7. The third-order valence-electron chi connectivity index (χ3n) is 2.77. The van der Waals surface area contributed by atoms with Crippen LogP contribution in [0.1, 0.15) is 0 Å². The lowest BCUT2D eigenvalue weighted by atomic mass is 10.3. The summed E-state index contributed by atoms with van der Waals surface area (Å²) in [6.45, 7) is 1.33. The monoisotopic (exact) mass is 278 g/mol. The van der Waals surface area contributed by atoms with Crippen molar-refractivity contribution in [1.29, 1.82) is 0 Å². The molecule has 1 fully saturated rings. The van der Waals surface area contributed by atoms with Gasteiger partial charge >= 0.3 is 0 Å². The second kappa shape index (κ2) is 4.47. The van der Waals surface area contributed by atoms with Crippen LogP contribution in [0.25, 0.3) is 0 Å². The minimum atomic E-state index is -3.16. The van der Waals surface area contributed by atoms with Gasteiger partial charge in [0, 0.05) is 32.9 Å². The van der Waals surface area contributed by atoms with Crippen LogP contribution in [0.15, 0.2) is 12.4 Å².